The number of anilines is 1. The fourth-order valence-corrected chi connectivity index (χ4v) is 4.30. The number of carbonyl (C=O) groups is 1. The zero-order chi connectivity index (χ0) is 22.8. The summed E-state index contributed by atoms with van der Waals surface area (Å²) in [6, 6.07) is 13.3. The van der Waals surface area contributed by atoms with E-state index in [9.17, 15) is 4.79 Å². The fraction of sp³-hybridized carbons (Fsp3) is 0.200. The summed E-state index contributed by atoms with van der Waals surface area (Å²) < 4.78 is 7.87. The van der Waals surface area contributed by atoms with Gasteiger partial charge in [0, 0.05) is 37.2 Å². The van der Waals surface area contributed by atoms with Gasteiger partial charge in [0.15, 0.2) is 0 Å². The molecule has 0 spiro atoms. The maximum absolute atomic E-state index is 12.2. The summed E-state index contributed by atoms with van der Waals surface area (Å²) in [5.74, 6) is 1.81. The number of piperidine rings is 1. The highest BCUT2D eigenvalue weighted by Gasteiger charge is 2.27. The van der Waals surface area contributed by atoms with E-state index in [1.807, 2.05) is 39.9 Å². The number of carbonyl (C=O) groups excluding carboxylic acids is 1. The van der Waals surface area contributed by atoms with Crippen LogP contribution < -0.4 is 10.5 Å². The normalized spacial score (nSPS) is 16.0. The van der Waals surface area contributed by atoms with E-state index in [1.54, 1.807) is 30.7 Å². The van der Waals surface area contributed by atoms with E-state index in [0.29, 0.717) is 18.1 Å². The van der Waals surface area contributed by atoms with Crippen molar-refractivity contribution in [2.75, 3.05) is 18.8 Å². The Hall–Kier alpha value is -4.20. The molecule has 0 radical (unpaired) electrons. The van der Waals surface area contributed by atoms with Crippen LogP contribution >= 0.6 is 0 Å². The minimum absolute atomic E-state index is 0.0509. The van der Waals surface area contributed by atoms with Crippen molar-refractivity contribution in [3.63, 3.8) is 0 Å². The van der Waals surface area contributed by atoms with Gasteiger partial charge in [-0.05, 0) is 61.4 Å². The van der Waals surface area contributed by atoms with Gasteiger partial charge in [0.05, 0.1) is 16.9 Å². The molecule has 8 heteroatoms. The van der Waals surface area contributed by atoms with Crippen molar-refractivity contribution in [1.29, 1.82) is 0 Å². The molecule has 8 nitrogen and oxygen atoms in total. The van der Waals surface area contributed by atoms with Gasteiger partial charge in [-0.15, -0.1) is 0 Å². The first-order valence-electron chi connectivity index (χ1n) is 10.9. The zero-order valence-electron chi connectivity index (χ0n) is 18.1. The number of ether oxygens (including phenoxy) is 1. The number of aromatic nitrogens is 4. The summed E-state index contributed by atoms with van der Waals surface area (Å²) >= 11 is 0. The SMILES string of the molecule is C=CC(=O)N1CCC[C@@H](n2nc(-c3ccc(Oc4ccncc4)cc3)c3c(N)nccc32)C1. The number of rotatable bonds is 5. The number of benzene rings is 1. The third-order valence-electron chi connectivity index (χ3n) is 5.89. The molecular formula is C25H24N6O2. The largest absolute Gasteiger partial charge is 0.457 e. The Morgan fingerprint density at radius 2 is 1.85 bits per heavy atom. The standard InChI is InChI=1S/C25H24N6O2/c1-2-22(32)30-15-3-4-18(16-30)31-21-11-14-28-25(26)23(21)24(29-31)17-5-7-19(8-6-17)33-20-9-12-27-13-10-20/h2,5-14,18H,1,3-4,15-16H2,(H2,26,28)/t18-/m1/s1. The first-order valence-corrected chi connectivity index (χ1v) is 10.9. The number of nitrogen functional groups attached to an aromatic ring is 1. The van der Waals surface area contributed by atoms with Crippen LogP contribution in [0.3, 0.4) is 0 Å². The van der Waals surface area contributed by atoms with Crippen LogP contribution in [-0.2, 0) is 4.79 Å². The van der Waals surface area contributed by atoms with Crippen molar-refractivity contribution >= 4 is 22.6 Å². The molecule has 1 amide bonds. The van der Waals surface area contributed by atoms with Gasteiger partial charge in [0.25, 0.3) is 0 Å². The molecule has 5 rings (SSSR count). The van der Waals surface area contributed by atoms with Crippen LogP contribution in [0.2, 0.25) is 0 Å². The second kappa shape index (κ2) is 8.74. The molecule has 33 heavy (non-hydrogen) atoms. The third kappa shape index (κ3) is 4.03. The number of pyridine rings is 2. The van der Waals surface area contributed by atoms with Crippen LogP contribution in [0.5, 0.6) is 11.5 Å². The average Bonchev–Trinajstić information content (AvgIpc) is 3.26. The highest BCUT2D eigenvalue weighted by atomic mass is 16.5. The lowest BCUT2D eigenvalue weighted by atomic mass is 10.1. The van der Waals surface area contributed by atoms with Crippen molar-refractivity contribution in [3.8, 4) is 22.8 Å². The lowest BCUT2D eigenvalue weighted by Crippen LogP contribution is -2.40. The predicted molar refractivity (Wildman–Crippen MR) is 127 cm³/mol. The van der Waals surface area contributed by atoms with E-state index in [0.717, 1.165) is 47.3 Å². The number of amides is 1. The van der Waals surface area contributed by atoms with E-state index < -0.39 is 0 Å². The van der Waals surface area contributed by atoms with Gasteiger partial charge in [0.2, 0.25) is 5.91 Å². The molecule has 0 aliphatic carbocycles. The van der Waals surface area contributed by atoms with Gasteiger partial charge in [-0.25, -0.2) is 4.98 Å². The zero-order valence-corrected chi connectivity index (χ0v) is 18.1. The molecule has 4 aromatic rings. The Balaban J connectivity index is 1.50. The second-order valence-electron chi connectivity index (χ2n) is 7.98. The molecule has 1 atom stereocenters. The Labute approximate surface area is 191 Å². The number of fused-ring (bicyclic) bond motifs is 1. The first-order chi connectivity index (χ1) is 16.1. The van der Waals surface area contributed by atoms with Crippen LogP contribution in [-0.4, -0.2) is 43.6 Å². The van der Waals surface area contributed by atoms with Gasteiger partial charge >= 0.3 is 0 Å². The Morgan fingerprint density at radius 3 is 2.61 bits per heavy atom. The van der Waals surface area contributed by atoms with Gasteiger partial charge in [0.1, 0.15) is 23.0 Å². The van der Waals surface area contributed by atoms with Crippen LogP contribution in [0.1, 0.15) is 18.9 Å². The van der Waals surface area contributed by atoms with E-state index in [-0.39, 0.29) is 11.9 Å². The molecule has 0 saturated carbocycles. The minimum Gasteiger partial charge on any atom is -0.457 e. The molecule has 4 heterocycles. The number of hydrogen-bond acceptors (Lipinski definition) is 6. The highest BCUT2D eigenvalue weighted by molar-refractivity contribution is 6.00. The molecule has 1 aliphatic rings. The molecule has 166 valence electrons. The summed E-state index contributed by atoms with van der Waals surface area (Å²) in [6.45, 7) is 4.94. The van der Waals surface area contributed by atoms with E-state index in [2.05, 4.69) is 16.5 Å². The number of nitrogens with two attached hydrogens (primary N) is 1. The molecule has 0 unspecified atom stereocenters. The Bertz CT molecular complexity index is 1300. The van der Waals surface area contributed by atoms with Crippen molar-refractivity contribution in [1.82, 2.24) is 24.6 Å². The molecule has 3 aromatic heterocycles. The molecule has 2 N–H and O–H groups in total. The summed E-state index contributed by atoms with van der Waals surface area (Å²) in [7, 11) is 0. The maximum atomic E-state index is 12.2. The summed E-state index contributed by atoms with van der Waals surface area (Å²) in [5, 5.41) is 5.77. The van der Waals surface area contributed by atoms with E-state index in [4.69, 9.17) is 15.6 Å². The third-order valence-corrected chi connectivity index (χ3v) is 5.89. The molecule has 1 fully saturated rings. The van der Waals surface area contributed by atoms with Crippen LogP contribution in [0, 0.1) is 0 Å². The van der Waals surface area contributed by atoms with Gasteiger partial charge in [-0.3, -0.25) is 14.5 Å². The number of likely N-dealkylation sites (tertiary alicyclic amines) is 1. The summed E-state index contributed by atoms with van der Waals surface area (Å²) in [5.41, 5.74) is 8.88. The lowest BCUT2D eigenvalue weighted by molar-refractivity contribution is -0.127. The predicted octanol–water partition coefficient (Wildman–Crippen LogP) is 4.22. The number of nitrogens with zero attached hydrogens (tertiary/aromatic N) is 5. The second-order valence-corrected chi connectivity index (χ2v) is 7.98. The molecule has 1 aliphatic heterocycles. The first kappa shape index (κ1) is 20.7. The topological polar surface area (TPSA) is 99.2 Å². The smallest absolute Gasteiger partial charge is 0.246 e. The quantitative estimate of drug-likeness (QED) is 0.467. The van der Waals surface area contributed by atoms with Crippen LogP contribution in [0.25, 0.3) is 22.2 Å². The summed E-state index contributed by atoms with van der Waals surface area (Å²) in [6.07, 6.45) is 8.27. The minimum atomic E-state index is -0.0534. The molecular weight excluding hydrogens is 416 g/mol. The monoisotopic (exact) mass is 440 g/mol. The van der Waals surface area contributed by atoms with Crippen molar-refractivity contribution in [2.45, 2.75) is 18.9 Å². The van der Waals surface area contributed by atoms with Crippen molar-refractivity contribution in [3.05, 3.63) is 73.7 Å². The molecule has 1 saturated heterocycles. The highest BCUT2D eigenvalue weighted by Crippen LogP contribution is 2.35. The number of hydrogen-bond donors (Lipinski definition) is 1. The van der Waals surface area contributed by atoms with Gasteiger partial charge in [-0.1, -0.05) is 6.58 Å². The van der Waals surface area contributed by atoms with Crippen molar-refractivity contribution < 1.29 is 9.53 Å². The summed E-state index contributed by atoms with van der Waals surface area (Å²) in [4.78, 5) is 22.3. The van der Waals surface area contributed by atoms with Gasteiger partial charge in [-0.2, -0.15) is 5.10 Å². The van der Waals surface area contributed by atoms with Crippen molar-refractivity contribution in [2.24, 2.45) is 0 Å². The van der Waals surface area contributed by atoms with Gasteiger partial charge < -0.3 is 15.4 Å². The van der Waals surface area contributed by atoms with Crippen LogP contribution in [0.4, 0.5) is 5.82 Å². The Kier molecular flexibility index (Phi) is 5.48. The van der Waals surface area contributed by atoms with E-state index >= 15 is 0 Å². The van der Waals surface area contributed by atoms with E-state index in [1.165, 1.54) is 6.08 Å². The fourth-order valence-electron chi connectivity index (χ4n) is 4.30. The molecule has 1 aromatic carbocycles. The average molecular weight is 441 g/mol. The Morgan fingerprint density at radius 1 is 1.09 bits per heavy atom. The van der Waals surface area contributed by atoms with Crippen LogP contribution in [0.15, 0.2) is 73.7 Å². The molecule has 0 bridgehead atoms. The maximum Gasteiger partial charge on any atom is 0.246 e. The lowest BCUT2D eigenvalue weighted by Gasteiger charge is -2.32.